The van der Waals surface area contributed by atoms with E-state index >= 15 is 0 Å². The first-order valence-corrected chi connectivity index (χ1v) is 12.4. The summed E-state index contributed by atoms with van der Waals surface area (Å²) in [6.45, 7) is 4.29. The average molecular weight is 519 g/mol. The van der Waals surface area contributed by atoms with E-state index in [9.17, 15) is 15.2 Å². The maximum Gasteiger partial charge on any atom is 0.245 e. The second-order valence-corrected chi connectivity index (χ2v) is 9.29. The molecule has 0 bridgehead atoms. The van der Waals surface area contributed by atoms with Gasteiger partial charge in [0.2, 0.25) is 5.91 Å². The number of ether oxygens (including phenoxy) is 1. The van der Waals surface area contributed by atoms with Crippen molar-refractivity contribution >= 4 is 22.8 Å². The fourth-order valence-electron chi connectivity index (χ4n) is 4.71. The molecule has 9 heteroatoms. The predicted octanol–water partition coefficient (Wildman–Crippen LogP) is 3.77. The van der Waals surface area contributed by atoms with Gasteiger partial charge in [0.05, 0.1) is 10.9 Å². The molecule has 2 aromatic carbocycles. The molecule has 3 heterocycles. The summed E-state index contributed by atoms with van der Waals surface area (Å²) in [6.07, 6.45) is 3.28. The van der Waals surface area contributed by atoms with Crippen LogP contribution in [0.1, 0.15) is 24.1 Å². The molecule has 1 aliphatic rings. The second-order valence-electron chi connectivity index (χ2n) is 9.29. The number of anilines is 1. The molecule has 0 unspecified atom stereocenters. The maximum atomic E-state index is 11.9. The summed E-state index contributed by atoms with van der Waals surface area (Å²) in [5, 5.41) is 21.7. The van der Waals surface area contributed by atoms with Crippen molar-refractivity contribution in [1.82, 2.24) is 19.4 Å². The second kappa shape index (κ2) is 10.3. The van der Waals surface area contributed by atoms with E-state index in [1.807, 2.05) is 43.4 Å². The number of piperidine rings is 1. The topological polar surface area (TPSA) is 130 Å². The fraction of sp³-hybridized carbons (Fsp3) is 0.200. The van der Waals surface area contributed by atoms with Crippen LogP contribution in [0.25, 0.3) is 22.2 Å². The van der Waals surface area contributed by atoms with Crippen LogP contribution in [0, 0.1) is 23.2 Å². The van der Waals surface area contributed by atoms with Gasteiger partial charge in [-0.1, -0.05) is 36.8 Å². The normalized spacial score (nSPS) is 14.2. The Bertz CT molecular complexity index is 1680. The Hall–Kier alpha value is -5.12. The van der Waals surface area contributed by atoms with Crippen LogP contribution in [0.5, 0.6) is 11.5 Å². The first-order chi connectivity index (χ1) is 18.8. The Morgan fingerprint density at radius 1 is 1.21 bits per heavy atom. The molecule has 1 saturated heterocycles. The lowest BCUT2D eigenvalue weighted by Gasteiger charge is -2.34. The zero-order valence-electron chi connectivity index (χ0n) is 21.4. The summed E-state index contributed by atoms with van der Waals surface area (Å²) < 4.78 is 7.74. The minimum Gasteiger partial charge on any atom is -0.456 e. The van der Waals surface area contributed by atoms with Crippen LogP contribution in [0.3, 0.4) is 0 Å². The number of hydrogen-bond donors (Lipinski definition) is 2. The molecular formula is C30H26N6O3. The number of fused-ring (bicyclic) bond motifs is 1. The van der Waals surface area contributed by atoms with Gasteiger partial charge in [0.25, 0.3) is 0 Å². The largest absolute Gasteiger partial charge is 0.456 e. The van der Waals surface area contributed by atoms with Gasteiger partial charge in [-0.15, -0.1) is 0 Å². The number of carbonyl (C=O) groups is 1. The minimum absolute atomic E-state index is 0.164. The number of nitrogens with two attached hydrogens (primary N) is 1. The lowest BCUT2D eigenvalue weighted by atomic mass is 9.91. The van der Waals surface area contributed by atoms with Crippen LogP contribution in [0.4, 0.5) is 5.82 Å². The third-order valence-corrected chi connectivity index (χ3v) is 6.85. The number of rotatable bonds is 4. The van der Waals surface area contributed by atoms with E-state index in [1.165, 1.54) is 12.4 Å². The van der Waals surface area contributed by atoms with Crippen molar-refractivity contribution in [2.75, 3.05) is 18.8 Å². The number of aromatic nitrogens is 3. The summed E-state index contributed by atoms with van der Waals surface area (Å²) >= 11 is 0. The van der Waals surface area contributed by atoms with Crippen molar-refractivity contribution in [3.05, 3.63) is 78.8 Å². The van der Waals surface area contributed by atoms with Gasteiger partial charge in [-0.3, -0.25) is 4.79 Å². The Kier molecular flexibility index (Phi) is 6.76. The molecule has 4 aromatic rings. The Morgan fingerprint density at radius 2 is 1.95 bits per heavy atom. The molecule has 0 radical (unpaired) electrons. The van der Waals surface area contributed by atoms with Gasteiger partial charge in [0, 0.05) is 38.5 Å². The predicted molar refractivity (Wildman–Crippen MR) is 147 cm³/mol. The van der Waals surface area contributed by atoms with Crippen LogP contribution < -0.4 is 10.5 Å². The molecule has 0 spiro atoms. The fourth-order valence-corrected chi connectivity index (χ4v) is 4.71. The standard InChI is InChI=1S/C30H26N6O3/c1-3-25(37)36-15-13-30(38,14-16-36)12-11-23-26(27-28(32)33-19-34-29(27)35(23)2)20-9-10-24(21(17-20)18-31)39-22-7-5-4-6-8-22/h3-10,17,19,38H,1,13-16H2,2H3,(H2,32,33,34). The number of nitrogen functional groups attached to an aromatic ring is 1. The summed E-state index contributed by atoms with van der Waals surface area (Å²) in [6, 6.07) is 16.7. The Morgan fingerprint density at radius 3 is 2.64 bits per heavy atom. The van der Waals surface area contributed by atoms with Gasteiger partial charge in [-0.25, -0.2) is 9.97 Å². The van der Waals surface area contributed by atoms with Gasteiger partial charge in [0.15, 0.2) is 0 Å². The molecule has 0 aliphatic carbocycles. The van der Waals surface area contributed by atoms with Crippen molar-refractivity contribution in [3.63, 3.8) is 0 Å². The van der Waals surface area contributed by atoms with Crippen molar-refractivity contribution in [3.8, 4) is 40.5 Å². The van der Waals surface area contributed by atoms with E-state index in [2.05, 4.69) is 34.5 Å². The highest BCUT2D eigenvalue weighted by Gasteiger charge is 2.32. The van der Waals surface area contributed by atoms with Gasteiger partial charge in [-0.05, 0) is 41.8 Å². The third kappa shape index (κ3) is 4.91. The molecule has 3 N–H and O–H groups in total. The molecule has 194 valence electrons. The lowest BCUT2D eigenvalue weighted by molar-refractivity contribution is -0.128. The number of carbonyl (C=O) groups excluding carboxylic acids is 1. The van der Waals surface area contributed by atoms with Crippen LogP contribution in [-0.2, 0) is 11.8 Å². The number of likely N-dealkylation sites (tertiary alicyclic amines) is 1. The molecule has 0 atom stereocenters. The third-order valence-electron chi connectivity index (χ3n) is 6.85. The minimum atomic E-state index is -1.27. The van der Waals surface area contributed by atoms with Gasteiger partial charge < -0.3 is 25.0 Å². The van der Waals surface area contributed by atoms with Crippen LogP contribution >= 0.6 is 0 Å². The van der Waals surface area contributed by atoms with E-state index in [-0.39, 0.29) is 11.7 Å². The molecule has 0 saturated carbocycles. The highest BCUT2D eigenvalue weighted by Crippen LogP contribution is 2.38. The number of nitrogens with zero attached hydrogens (tertiary/aromatic N) is 5. The zero-order valence-corrected chi connectivity index (χ0v) is 21.4. The molecule has 1 amide bonds. The monoisotopic (exact) mass is 518 g/mol. The smallest absolute Gasteiger partial charge is 0.245 e. The SMILES string of the molecule is C=CC(=O)N1CCC(O)(C#Cc2c(-c3ccc(Oc4ccccc4)c(C#N)c3)c3c(N)ncnc3n2C)CC1. The molecule has 9 nitrogen and oxygen atoms in total. The summed E-state index contributed by atoms with van der Waals surface area (Å²) in [5.41, 5.74) is 7.84. The van der Waals surface area contributed by atoms with Crippen LogP contribution in [0.15, 0.2) is 67.5 Å². The summed E-state index contributed by atoms with van der Waals surface area (Å²) in [5.74, 6) is 7.34. The van der Waals surface area contributed by atoms with E-state index < -0.39 is 5.60 Å². The molecular weight excluding hydrogens is 492 g/mol. The first-order valence-electron chi connectivity index (χ1n) is 12.4. The molecule has 5 rings (SSSR count). The maximum absolute atomic E-state index is 11.9. The quantitative estimate of drug-likeness (QED) is 0.311. The molecule has 2 aromatic heterocycles. The molecule has 1 aliphatic heterocycles. The summed E-state index contributed by atoms with van der Waals surface area (Å²) in [4.78, 5) is 22.2. The van der Waals surface area contributed by atoms with Crippen LogP contribution in [-0.4, -0.2) is 49.1 Å². The van der Waals surface area contributed by atoms with E-state index in [0.717, 1.165) is 0 Å². The van der Waals surface area contributed by atoms with E-state index in [1.54, 1.807) is 21.6 Å². The highest BCUT2D eigenvalue weighted by atomic mass is 16.5. The van der Waals surface area contributed by atoms with E-state index in [4.69, 9.17) is 10.5 Å². The van der Waals surface area contributed by atoms with Crippen molar-refractivity contribution < 1.29 is 14.6 Å². The van der Waals surface area contributed by atoms with Crippen molar-refractivity contribution in [2.24, 2.45) is 7.05 Å². The molecule has 1 fully saturated rings. The number of aryl methyl sites for hydroxylation is 1. The zero-order chi connectivity index (χ0) is 27.6. The summed E-state index contributed by atoms with van der Waals surface area (Å²) in [7, 11) is 1.82. The number of hydrogen-bond acceptors (Lipinski definition) is 7. The Labute approximate surface area is 225 Å². The van der Waals surface area contributed by atoms with Gasteiger partial charge in [-0.2, -0.15) is 5.26 Å². The van der Waals surface area contributed by atoms with Crippen LogP contribution in [0.2, 0.25) is 0 Å². The molecule has 39 heavy (non-hydrogen) atoms. The lowest BCUT2D eigenvalue weighted by Crippen LogP contribution is -2.45. The highest BCUT2D eigenvalue weighted by molar-refractivity contribution is 6.03. The first kappa shape index (κ1) is 25.5. The number of nitriles is 1. The number of aliphatic hydroxyl groups is 1. The van der Waals surface area contributed by atoms with Crippen molar-refractivity contribution in [1.29, 1.82) is 5.26 Å². The van der Waals surface area contributed by atoms with Crippen molar-refractivity contribution in [2.45, 2.75) is 18.4 Å². The van der Waals surface area contributed by atoms with Gasteiger partial charge in [0.1, 0.15) is 46.7 Å². The average Bonchev–Trinajstić information content (AvgIpc) is 3.25. The Balaban J connectivity index is 1.58. The number of amides is 1. The number of para-hydroxylation sites is 1. The number of benzene rings is 2. The van der Waals surface area contributed by atoms with Gasteiger partial charge >= 0.3 is 0 Å². The van der Waals surface area contributed by atoms with E-state index in [0.29, 0.717) is 70.8 Å².